The number of carbonyl (C=O) groups is 1. The van der Waals surface area contributed by atoms with Crippen molar-refractivity contribution < 1.29 is 18.0 Å². The average molecular weight is 240 g/mol. The van der Waals surface area contributed by atoms with Crippen molar-refractivity contribution in [1.82, 2.24) is 4.98 Å². The lowest BCUT2D eigenvalue weighted by atomic mass is 10.3. The molecule has 0 saturated heterocycles. The Hall–Kier alpha value is -1.34. The number of rotatable bonds is 2. The van der Waals surface area contributed by atoms with Gasteiger partial charge < -0.3 is 0 Å². The van der Waals surface area contributed by atoms with Crippen LogP contribution in [0.3, 0.4) is 0 Å². The molecule has 0 aliphatic rings. The molecule has 8 heteroatoms. The summed E-state index contributed by atoms with van der Waals surface area (Å²) in [6, 6.07) is 0.646. The first-order chi connectivity index (χ1) is 6.86. The summed E-state index contributed by atoms with van der Waals surface area (Å²) >= 11 is 5.47. The van der Waals surface area contributed by atoms with Gasteiger partial charge in [0.1, 0.15) is 0 Å². The van der Waals surface area contributed by atoms with Gasteiger partial charge in [-0.1, -0.05) is 11.6 Å². The number of nitrogens with two attached hydrogens (primary N) is 1. The number of pyridine rings is 1. The van der Waals surface area contributed by atoms with Crippen LogP contribution >= 0.6 is 11.6 Å². The highest BCUT2D eigenvalue weighted by molar-refractivity contribution is 6.33. The molecule has 1 amide bonds. The maximum absolute atomic E-state index is 12.2. The first-order valence-electron chi connectivity index (χ1n) is 3.58. The Labute approximate surface area is 87.4 Å². The standard InChI is InChI=1S/C7H5ClF3N3O/c8-5-1-4(7(9,10)11)2-13-6(5)14(12)3-15/h1-3H,12H2. The number of anilines is 1. The first kappa shape index (κ1) is 11.7. The van der Waals surface area contributed by atoms with Crippen molar-refractivity contribution in [3.05, 3.63) is 22.8 Å². The normalized spacial score (nSPS) is 11.3. The average Bonchev–Trinajstić information content (AvgIpc) is 2.15. The quantitative estimate of drug-likeness (QED) is 0.369. The van der Waals surface area contributed by atoms with Crippen LogP contribution in [0, 0.1) is 0 Å². The molecule has 0 unspecified atom stereocenters. The summed E-state index contributed by atoms with van der Waals surface area (Å²) in [5.41, 5.74) is -1.00. The third-order valence-corrected chi connectivity index (χ3v) is 1.79. The van der Waals surface area contributed by atoms with Gasteiger partial charge in [-0.05, 0) is 6.07 Å². The molecular weight excluding hydrogens is 235 g/mol. The molecule has 4 nitrogen and oxygen atoms in total. The predicted octanol–water partition coefficient (Wildman–Crippen LogP) is 1.59. The minimum Gasteiger partial charge on any atom is -0.277 e. The van der Waals surface area contributed by atoms with Crippen LogP contribution in [0.1, 0.15) is 5.56 Å². The molecule has 0 bridgehead atoms. The third kappa shape index (κ3) is 2.57. The Balaban J connectivity index is 3.14. The minimum absolute atomic E-state index is 0.182. The van der Waals surface area contributed by atoms with Gasteiger partial charge >= 0.3 is 6.18 Å². The van der Waals surface area contributed by atoms with Gasteiger partial charge in [-0.25, -0.2) is 15.8 Å². The summed E-state index contributed by atoms with van der Waals surface area (Å²) < 4.78 is 36.5. The van der Waals surface area contributed by atoms with E-state index in [0.29, 0.717) is 17.3 Å². The van der Waals surface area contributed by atoms with Crippen LogP contribution in [0.4, 0.5) is 19.0 Å². The first-order valence-corrected chi connectivity index (χ1v) is 3.96. The van der Waals surface area contributed by atoms with Crippen LogP contribution in [0.5, 0.6) is 0 Å². The number of amides is 1. The fourth-order valence-electron chi connectivity index (χ4n) is 0.826. The molecule has 0 spiro atoms. The number of aromatic nitrogens is 1. The highest BCUT2D eigenvalue weighted by Gasteiger charge is 2.31. The van der Waals surface area contributed by atoms with Crippen LogP contribution in [0.25, 0.3) is 0 Å². The maximum atomic E-state index is 12.2. The lowest BCUT2D eigenvalue weighted by Gasteiger charge is -2.12. The number of hydrazine groups is 1. The van der Waals surface area contributed by atoms with Crippen LogP contribution in [-0.4, -0.2) is 11.4 Å². The van der Waals surface area contributed by atoms with E-state index in [-0.39, 0.29) is 17.3 Å². The van der Waals surface area contributed by atoms with E-state index in [1.165, 1.54) is 0 Å². The Bertz CT molecular complexity index is 382. The van der Waals surface area contributed by atoms with Crippen molar-refractivity contribution in [3.8, 4) is 0 Å². The zero-order chi connectivity index (χ0) is 11.6. The molecule has 1 rings (SSSR count). The minimum atomic E-state index is -4.53. The van der Waals surface area contributed by atoms with E-state index in [2.05, 4.69) is 4.98 Å². The Morgan fingerprint density at radius 2 is 2.13 bits per heavy atom. The predicted molar refractivity (Wildman–Crippen MR) is 47.0 cm³/mol. The van der Waals surface area contributed by atoms with Gasteiger partial charge in [0.25, 0.3) is 0 Å². The maximum Gasteiger partial charge on any atom is 0.417 e. The lowest BCUT2D eigenvalue weighted by Crippen LogP contribution is -2.30. The van der Waals surface area contributed by atoms with Crippen molar-refractivity contribution in [3.63, 3.8) is 0 Å². The molecule has 1 heterocycles. The second-order valence-electron chi connectivity index (χ2n) is 2.54. The van der Waals surface area contributed by atoms with Gasteiger partial charge in [-0.2, -0.15) is 13.2 Å². The van der Waals surface area contributed by atoms with Gasteiger partial charge in [0.15, 0.2) is 5.82 Å². The fourth-order valence-corrected chi connectivity index (χ4v) is 1.09. The molecular formula is C7H5ClF3N3O. The molecule has 0 aromatic carbocycles. The van der Waals surface area contributed by atoms with Crippen LogP contribution in [0.2, 0.25) is 5.02 Å². The van der Waals surface area contributed by atoms with Gasteiger partial charge in [-0.15, -0.1) is 0 Å². The van der Waals surface area contributed by atoms with Crippen LogP contribution in [0.15, 0.2) is 12.3 Å². The van der Waals surface area contributed by atoms with Gasteiger partial charge in [0.05, 0.1) is 10.6 Å². The summed E-state index contributed by atoms with van der Waals surface area (Å²) in [6.07, 6.45) is -3.80. The van der Waals surface area contributed by atoms with E-state index in [4.69, 9.17) is 17.4 Å². The number of hydrogen-bond donors (Lipinski definition) is 1. The number of hydrogen-bond acceptors (Lipinski definition) is 3. The molecule has 0 aliphatic heterocycles. The monoisotopic (exact) mass is 239 g/mol. The van der Waals surface area contributed by atoms with E-state index < -0.39 is 11.7 Å². The molecule has 2 N–H and O–H groups in total. The second-order valence-corrected chi connectivity index (χ2v) is 2.95. The highest BCUT2D eigenvalue weighted by Crippen LogP contribution is 2.32. The van der Waals surface area contributed by atoms with Crippen molar-refractivity contribution in [1.29, 1.82) is 0 Å². The highest BCUT2D eigenvalue weighted by atomic mass is 35.5. The number of alkyl halides is 3. The number of carbonyl (C=O) groups excluding carboxylic acids is 1. The molecule has 0 saturated carbocycles. The Kier molecular flexibility index (Phi) is 3.15. The summed E-state index contributed by atoms with van der Waals surface area (Å²) in [6.45, 7) is 0. The second kappa shape index (κ2) is 4.03. The Morgan fingerprint density at radius 1 is 1.53 bits per heavy atom. The van der Waals surface area contributed by atoms with E-state index in [0.717, 1.165) is 0 Å². The molecule has 15 heavy (non-hydrogen) atoms. The molecule has 82 valence electrons. The number of nitrogens with zero attached hydrogens (tertiary/aromatic N) is 2. The molecule has 0 radical (unpaired) electrons. The van der Waals surface area contributed by atoms with Crippen molar-refractivity contribution in [2.45, 2.75) is 6.18 Å². The summed E-state index contributed by atoms with van der Waals surface area (Å²) in [7, 11) is 0. The Morgan fingerprint density at radius 3 is 2.53 bits per heavy atom. The molecule has 0 fully saturated rings. The third-order valence-electron chi connectivity index (χ3n) is 1.51. The zero-order valence-corrected chi connectivity index (χ0v) is 7.88. The van der Waals surface area contributed by atoms with E-state index in [1.807, 2.05) is 0 Å². The summed E-state index contributed by atoms with van der Waals surface area (Å²) in [4.78, 5) is 13.6. The van der Waals surface area contributed by atoms with Crippen molar-refractivity contribution >= 4 is 23.8 Å². The molecule has 1 aromatic heterocycles. The smallest absolute Gasteiger partial charge is 0.277 e. The van der Waals surface area contributed by atoms with Gasteiger partial charge in [0, 0.05) is 6.20 Å². The van der Waals surface area contributed by atoms with Crippen LogP contribution in [-0.2, 0) is 11.0 Å². The van der Waals surface area contributed by atoms with Crippen LogP contribution < -0.4 is 10.9 Å². The van der Waals surface area contributed by atoms with Crippen molar-refractivity contribution in [2.75, 3.05) is 5.01 Å². The van der Waals surface area contributed by atoms with Gasteiger partial charge in [-0.3, -0.25) is 4.79 Å². The molecule has 0 atom stereocenters. The SMILES string of the molecule is NN(C=O)c1ncc(C(F)(F)F)cc1Cl. The van der Waals surface area contributed by atoms with Gasteiger partial charge in [0.2, 0.25) is 6.41 Å². The lowest BCUT2D eigenvalue weighted by molar-refractivity contribution is -0.137. The molecule has 0 aliphatic carbocycles. The van der Waals surface area contributed by atoms with Crippen molar-refractivity contribution in [2.24, 2.45) is 5.84 Å². The van der Waals surface area contributed by atoms with E-state index in [1.54, 1.807) is 0 Å². The number of halogens is 4. The topological polar surface area (TPSA) is 59.2 Å². The fraction of sp³-hybridized carbons (Fsp3) is 0.143. The largest absolute Gasteiger partial charge is 0.417 e. The summed E-state index contributed by atoms with van der Waals surface area (Å²) in [5.74, 6) is 4.85. The zero-order valence-electron chi connectivity index (χ0n) is 7.12. The summed E-state index contributed by atoms with van der Waals surface area (Å²) in [5, 5.41) is 0.141. The van der Waals surface area contributed by atoms with E-state index in [9.17, 15) is 18.0 Å². The molecule has 1 aromatic rings. The van der Waals surface area contributed by atoms with E-state index >= 15 is 0 Å².